The first-order chi connectivity index (χ1) is 9.66. The molecule has 1 aliphatic carbocycles. The number of carbonyl (C=O) groups excluding carboxylic acids is 1. The van der Waals surface area contributed by atoms with E-state index >= 15 is 0 Å². The number of ketones is 1. The molecule has 20 heavy (non-hydrogen) atoms. The van der Waals surface area contributed by atoms with Crippen LogP contribution in [0.4, 0.5) is 0 Å². The molecule has 0 bridgehead atoms. The van der Waals surface area contributed by atoms with Crippen LogP contribution in [0.2, 0.25) is 0 Å². The van der Waals surface area contributed by atoms with Crippen LogP contribution in [0.25, 0.3) is 0 Å². The Hall–Kier alpha value is -1.19. The summed E-state index contributed by atoms with van der Waals surface area (Å²) in [5, 5.41) is 4.24. The van der Waals surface area contributed by atoms with E-state index in [0.29, 0.717) is 18.1 Å². The van der Waals surface area contributed by atoms with Crippen molar-refractivity contribution in [2.45, 2.75) is 71.8 Å². The number of nitrogens with zero attached hydrogens (tertiary/aromatic N) is 3. The summed E-state index contributed by atoms with van der Waals surface area (Å²) in [4.78, 5) is 16.8. The molecule has 1 aliphatic rings. The Kier molecular flexibility index (Phi) is 5.74. The van der Waals surface area contributed by atoms with Crippen LogP contribution in [0.15, 0.2) is 6.33 Å². The van der Waals surface area contributed by atoms with E-state index < -0.39 is 0 Å². The summed E-state index contributed by atoms with van der Waals surface area (Å²) in [6, 6.07) is 0. The highest BCUT2D eigenvalue weighted by atomic mass is 16.1. The summed E-state index contributed by atoms with van der Waals surface area (Å²) in [7, 11) is 0. The number of hydrogen-bond donors (Lipinski definition) is 0. The molecule has 0 N–H and O–H groups in total. The van der Waals surface area contributed by atoms with Gasteiger partial charge in [-0.2, -0.15) is 5.10 Å². The third kappa shape index (κ3) is 4.43. The van der Waals surface area contributed by atoms with Gasteiger partial charge in [0, 0.05) is 12.5 Å². The van der Waals surface area contributed by atoms with Crippen molar-refractivity contribution in [1.29, 1.82) is 0 Å². The fourth-order valence-electron chi connectivity index (χ4n) is 3.00. The topological polar surface area (TPSA) is 47.8 Å². The van der Waals surface area contributed by atoms with Crippen LogP contribution in [-0.2, 0) is 17.8 Å². The van der Waals surface area contributed by atoms with Crippen molar-refractivity contribution in [3.63, 3.8) is 0 Å². The van der Waals surface area contributed by atoms with Gasteiger partial charge in [0.2, 0.25) is 0 Å². The molecule has 0 aliphatic heterocycles. The second-order valence-electron chi connectivity index (χ2n) is 6.44. The Morgan fingerprint density at radius 2 is 1.90 bits per heavy atom. The van der Waals surface area contributed by atoms with E-state index in [0.717, 1.165) is 25.2 Å². The molecule has 0 aromatic carbocycles. The predicted octanol–water partition coefficient (Wildman–Crippen LogP) is 3.41. The zero-order chi connectivity index (χ0) is 14.4. The molecule has 0 saturated heterocycles. The first kappa shape index (κ1) is 15.2. The molecule has 1 aromatic rings. The van der Waals surface area contributed by atoms with Crippen molar-refractivity contribution in [3.8, 4) is 0 Å². The molecular formula is C16H27N3O. The lowest BCUT2D eigenvalue weighted by atomic mass is 9.87. The molecule has 0 amide bonds. The van der Waals surface area contributed by atoms with Crippen molar-refractivity contribution in [2.75, 3.05) is 0 Å². The zero-order valence-corrected chi connectivity index (χ0v) is 12.8. The minimum absolute atomic E-state index is 0.250. The van der Waals surface area contributed by atoms with Crippen molar-refractivity contribution in [2.24, 2.45) is 11.8 Å². The summed E-state index contributed by atoms with van der Waals surface area (Å²) in [5.41, 5.74) is 0. The molecule has 1 heterocycles. The van der Waals surface area contributed by atoms with Crippen molar-refractivity contribution >= 4 is 5.78 Å². The predicted molar refractivity (Wildman–Crippen MR) is 79.4 cm³/mol. The van der Waals surface area contributed by atoms with Gasteiger partial charge in [-0.3, -0.25) is 4.79 Å². The van der Waals surface area contributed by atoms with E-state index in [4.69, 9.17) is 0 Å². The van der Waals surface area contributed by atoms with Crippen molar-refractivity contribution in [1.82, 2.24) is 14.8 Å². The van der Waals surface area contributed by atoms with E-state index in [1.807, 2.05) is 4.68 Å². The van der Waals surface area contributed by atoms with Gasteiger partial charge in [0.1, 0.15) is 17.9 Å². The van der Waals surface area contributed by atoms with E-state index in [9.17, 15) is 4.79 Å². The van der Waals surface area contributed by atoms with Gasteiger partial charge < -0.3 is 0 Å². The van der Waals surface area contributed by atoms with Gasteiger partial charge in [0.15, 0.2) is 0 Å². The number of hydrogen-bond acceptors (Lipinski definition) is 3. The van der Waals surface area contributed by atoms with Gasteiger partial charge in [-0.05, 0) is 18.8 Å². The zero-order valence-electron chi connectivity index (χ0n) is 12.8. The standard InChI is InChI=1S/C16H27N3O/c1-13(2)11-19-16(17-12-18-19)10-15(20)14-8-6-4-3-5-7-9-14/h12-14H,3-11H2,1-2H3. The molecule has 0 unspecified atom stereocenters. The van der Waals surface area contributed by atoms with Crippen LogP contribution in [0.5, 0.6) is 0 Å². The van der Waals surface area contributed by atoms with Crippen LogP contribution in [0.3, 0.4) is 0 Å². The molecule has 4 heteroatoms. The normalized spacial score (nSPS) is 17.9. The molecule has 4 nitrogen and oxygen atoms in total. The Bertz CT molecular complexity index is 417. The first-order valence-electron chi connectivity index (χ1n) is 8.06. The highest BCUT2D eigenvalue weighted by molar-refractivity contribution is 5.82. The second kappa shape index (κ2) is 7.55. The Balaban J connectivity index is 1.94. The maximum Gasteiger partial charge on any atom is 0.143 e. The summed E-state index contributed by atoms with van der Waals surface area (Å²) in [6.45, 7) is 5.15. The summed E-state index contributed by atoms with van der Waals surface area (Å²) in [6.07, 6.45) is 10.5. The highest BCUT2D eigenvalue weighted by Gasteiger charge is 2.21. The molecule has 0 atom stereocenters. The number of rotatable bonds is 5. The highest BCUT2D eigenvalue weighted by Crippen LogP contribution is 2.24. The lowest BCUT2D eigenvalue weighted by Crippen LogP contribution is -2.21. The molecule has 0 spiro atoms. The SMILES string of the molecule is CC(C)Cn1ncnc1CC(=O)C1CCCCCCC1. The van der Waals surface area contributed by atoms with Crippen molar-refractivity contribution in [3.05, 3.63) is 12.2 Å². The molecule has 1 aromatic heterocycles. The van der Waals surface area contributed by atoms with Gasteiger partial charge in [0.05, 0.1) is 6.42 Å². The third-order valence-corrected chi connectivity index (χ3v) is 4.13. The molecule has 2 rings (SSSR count). The number of aromatic nitrogens is 3. The van der Waals surface area contributed by atoms with Crippen LogP contribution < -0.4 is 0 Å². The van der Waals surface area contributed by atoms with Crippen LogP contribution in [0, 0.1) is 11.8 Å². The summed E-state index contributed by atoms with van der Waals surface area (Å²) >= 11 is 0. The van der Waals surface area contributed by atoms with E-state index in [1.54, 1.807) is 6.33 Å². The lowest BCUT2D eigenvalue weighted by Gasteiger charge is -2.18. The first-order valence-corrected chi connectivity index (χ1v) is 8.06. The Labute approximate surface area is 122 Å². The van der Waals surface area contributed by atoms with Crippen LogP contribution in [-0.4, -0.2) is 20.5 Å². The maximum atomic E-state index is 12.5. The number of Topliss-reactive ketones (excluding diaryl/α,β-unsaturated/α-hetero) is 1. The summed E-state index contributed by atoms with van der Waals surface area (Å²) < 4.78 is 1.89. The third-order valence-electron chi connectivity index (χ3n) is 4.13. The van der Waals surface area contributed by atoms with Crippen LogP contribution in [0.1, 0.15) is 64.6 Å². The second-order valence-corrected chi connectivity index (χ2v) is 6.44. The lowest BCUT2D eigenvalue weighted by molar-refractivity contribution is -0.123. The fourth-order valence-corrected chi connectivity index (χ4v) is 3.00. The Morgan fingerprint density at radius 3 is 2.55 bits per heavy atom. The van der Waals surface area contributed by atoms with E-state index in [2.05, 4.69) is 23.9 Å². The quantitative estimate of drug-likeness (QED) is 0.828. The van der Waals surface area contributed by atoms with Crippen molar-refractivity contribution < 1.29 is 4.79 Å². The van der Waals surface area contributed by atoms with Gasteiger partial charge in [-0.25, -0.2) is 9.67 Å². The van der Waals surface area contributed by atoms with E-state index in [1.165, 1.54) is 32.1 Å². The average Bonchev–Trinajstić information content (AvgIpc) is 2.75. The fraction of sp³-hybridized carbons (Fsp3) is 0.812. The number of carbonyl (C=O) groups is 1. The molecule has 1 fully saturated rings. The molecule has 1 saturated carbocycles. The monoisotopic (exact) mass is 277 g/mol. The van der Waals surface area contributed by atoms with Crippen LogP contribution >= 0.6 is 0 Å². The largest absolute Gasteiger partial charge is 0.299 e. The van der Waals surface area contributed by atoms with Gasteiger partial charge in [-0.1, -0.05) is 46.0 Å². The van der Waals surface area contributed by atoms with Gasteiger partial charge in [0.25, 0.3) is 0 Å². The smallest absolute Gasteiger partial charge is 0.143 e. The van der Waals surface area contributed by atoms with Gasteiger partial charge in [-0.15, -0.1) is 0 Å². The minimum Gasteiger partial charge on any atom is -0.299 e. The Morgan fingerprint density at radius 1 is 1.25 bits per heavy atom. The average molecular weight is 277 g/mol. The van der Waals surface area contributed by atoms with E-state index in [-0.39, 0.29) is 5.92 Å². The molecule has 0 radical (unpaired) electrons. The maximum absolute atomic E-state index is 12.5. The molecule has 112 valence electrons. The molecular weight excluding hydrogens is 250 g/mol. The minimum atomic E-state index is 0.250. The van der Waals surface area contributed by atoms with Gasteiger partial charge >= 0.3 is 0 Å². The summed E-state index contributed by atoms with van der Waals surface area (Å²) in [5.74, 6) is 1.97.